The minimum absolute atomic E-state index is 0.0116. The van der Waals surface area contributed by atoms with Crippen molar-refractivity contribution in [2.24, 2.45) is 7.05 Å². The van der Waals surface area contributed by atoms with E-state index in [1.54, 1.807) is 18.2 Å². The summed E-state index contributed by atoms with van der Waals surface area (Å²) in [7, 11) is -2.46. The van der Waals surface area contributed by atoms with Crippen LogP contribution >= 0.6 is 15.9 Å². The number of hydrogen-bond donors (Lipinski definition) is 2. The molecule has 0 aliphatic rings. The van der Waals surface area contributed by atoms with Gasteiger partial charge in [0.25, 0.3) is 10.0 Å². The Hall–Kier alpha value is -1.87. The molecule has 0 unspecified atom stereocenters. The summed E-state index contributed by atoms with van der Waals surface area (Å²) in [4.78, 5) is 11.0. The van der Waals surface area contributed by atoms with Crippen LogP contribution in [0.25, 0.3) is 0 Å². The third kappa shape index (κ3) is 2.68. The van der Waals surface area contributed by atoms with Gasteiger partial charge >= 0.3 is 5.97 Å². The van der Waals surface area contributed by atoms with Crippen molar-refractivity contribution >= 4 is 37.7 Å². The molecule has 2 aromatic rings. The summed E-state index contributed by atoms with van der Waals surface area (Å²) in [6.45, 7) is 0. The Morgan fingerprint density at radius 1 is 1.40 bits per heavy atom. The maximum atomic E-state index is 12.3. The lowest BCUT2D eigenvalue weighted by molar-refractivity contribution is 0.0698. The predicted molar refractivity (Wildman–Crippen MR) is 75.1 cm³/mol. The number of carboxylic acids is 1. The molecule has 0 amide bonds. The Morgan fingerprint density at radius 2 is 2.05 bits per heavy atom. The fourth-order valence-corrected chi connectivity index (χ4v) is 3.67. The van der Waals surface area contributed by atoms with Crippen LogP contribution in [-0.2, 0) is 17.1 Å². The van der Waals surface area contributed by atoms with Crippen molar-refractivity contribution in [2.75, 3.05) is 4.72 Å². The molecule has 7 nitrogen and oxygen atoms in total. The van der Waals surface area contributed by atoms with Crippen LogP contribution in [0.15, 0.2) is 39.8 Å². The highest BCUT2D eigenvalue weighted by Gasteiger charge is 2.23. The number of halogens is 1. The van der Waals surface area contributed by atoms with E-state index < -0.39 is 16.0 Å². The fourth-order valence-electron chi connectivity index (χ4n) is 1.56. The van der Waals surface area contributed by atoms with Crippen molar-refractivity contribution in [1.29, 1.82) is 0 Å². The lowest BCUT2D eigenvalue weighted by Crippen LogP contribution is -2.17. The van der Waals surface area contributed by atoms with Crippen molar-refractivity contribution in [2.45, 2.75) is 4.90 Å². The maximum Gasteiger partial charge on any atom is 0.341 e. The Labute approximate surface area is 123 Å². The summed E-state index contributed by atoms with van der Waals surface area (Å²) in [5, 5.41) is 12.7. The van der Waals surface area contributed by atoms with Crippen LogP contribution in [0.3, 0.4) is 0 Å². The normalized spacial score (nSPS) is 11.3. The van der Waals surface area contributed by atoms with Crippen LogP contribution in [0.5, 0.6) is 0 Å². The fraction of sp³-hybridized carbons (Fsp3) is 0.0909. The van der Waals surface area contributed by atoms with Crippen molar-refractivity contribution < 1.29 is 18.3 Å². The third-order valence-corrected chi connectivity index (χ3v) is 4.88. The largest absolute Gasteiger partial charge is 0.477 e. The Balaban J connectivity index is 2.47. The van der Waals surface area contributed by atoms with Crippen LogP contribution in [0.4, 0.5) is 5.82 Å². The maximum absolute atomic E-state index is 12.3. The van der Waals surface area contributed by atoms with Gasteiger partial charge in [-0.15, -0.1) is 0 Å². The molecule has 0 aliphatic carbocycles. The van der Waals surface area contributed by atoms with E-state index in [1.165, 1.54) is 13.1 Å². The molecule has 0 spiro atoms. The van der Waals surface area contributed by atoms with E-state index in [-0.39, 0.29) is 16.3 Å². The molecule has 0 saturated carbocycles. The molecule has 0 radical (unpaired) electrons. The summed E-state index contributed by atoms with van der Waals surface area (Å²) in [6.07, 6.45) is 1.08. The molecule has 1 aromatic heterocycles. The zero-order valence-corrected chi connectivity index (χ0v) is 12.6. The van der Waals surface area contributed by atoms with Crippen LogP contribution < -0.4 is 4.72 Å². The SMILES string of the molecule is Cn1ncc(C(=O)O)c1NS(=O)(=O)c1ccccc1Br. The minimum Gasteiger partial charge on any atom is -0.477 e. The van der Waals surface area contributed by atoms with Gasteiger partial charge in [-0.1, -0.05) is 12.1 Å². The number of aryl methyl sites for hydroxylation is 1. The molecular weight excluding hydrogens is 350 g/mol. The first-order valence-corrected chi connectivity index (χ1v) is 7.63. The van der Waals surface area contributed by atoms with Gasteiger partial charge in [-0.3, -0.25) is 9.40 Å². The summed E-state index contributed by atoms with van der Waals surface area (Å²) >= 11 is 3.14. The van der Waals surface area contributed by atoms with Gasteiger partial charge in [-0.25, -0.2) is 13.2 Å². The molecular formula is C11H10BrN3O4S. The molecule has 9 heteroatoms. The van der Waals surface area contributed by atoms with E-state index in [0.29, 0.717) is 4.47 Å². The number of aromatic nitrogens is 2. The summed E-state index contributed by atoms with van der Waals surface area (Å²) in [5.74, 6) is -1.36. The molecule has 0 bridgehead atoms. The van der Waals surface area contributed by atoms with Gasteiger partial charge in [0.15, 0.2) is 5.82 Å². The van der Waals surface area contributed by atoms with E-state index in [2.05, 4.69) is 25.8 Å². The highest BCUT2D eigenvalue weighted by Crippen LogP contribution is 2.25. The van der Waals surface area contributed by atoms with Crippen LogP contribution in [0.2, 0.25) is 0 Å². The summed E-state index contributed by atoms with van der Waals surface area (Å²) in [6, 6.07) is 6.23. The number of nitrogens with zero attached hydrogens (tertiary/aromatic N) is 2. The second-order valence-corrected chi connectivity index (χ2v) is 6.38. The Bertz CT molecular complexity index is 770. The van der Waals surface area contributed by atoms with E-state index in [9.17, 15) is 13.2 Å². The first-order valence-electron chi connectivity index (χ1n) is 5.35. The number of rotatable bonds is 4. The van der Waals surface area contributed by atoms with Gasteiger partial charge in [-0.2, -0.15) is 5.10 Å². The third-order valence-electron chi connectivity index (χ3n) is 2.53. The van der Waals surface area contributed by atoms with Gasteiger partial charge in [-0.05, 0) is 28.1 Å². The second-order valence-electron chi connectivity index (χ2n) is 3.87. The number of sulfonamides is 1. The van der Waals surface area contributed by atoms with Gasteiger partial charge in [0.2, 0.25) is 0 Å². The first-order chi connectivity index (χ1) is 9.33. The number of carboxylic acid groups (broad SMARTS) is 1. The van der Waals surface area contributed by atoms with Crippen molar-refractivity contribution in [3.8, 4) is 0 Å². The van der Waals surface area contributed by atoms with E-state index in [1.807, 2.05) is 0 Å². The number of anilines is 1. The lowest BCUT2D eigenvalue weighted by Gasteiger charge is -2.10. The summed E-state index contributed by atoms with van der Waals surface area (Å²) in [5.41, 5.74) is -0.219. The standard InChI is InChI=1S/C11H10BrN3O4S/c1-15-10(7(6-13-15)11(16)17)14-20(18,19)9-5-3-2-4-8(9)12/h2-6,14H,1H3,(H,16,17). The Morgan fingerprint density at radius 3 is 2.65 bits per heavy atom. The number of nitrogens with one attached hydrogen (secondary N) is 1. The number of benzene rings is 1. The van der Waals surface area contributed by atoms with Crippen molar-refractivity contribution in [3.05, 3.63) is 40.5 Å². The van der Waals surface area contributed by atoms with Crippen LogP contribution in [-0.4, -0.2) is 29.3 Å². The monoisotopic (exact) mass is 359 g/mol. The summed E-state index contributed by atoms with van der Waals surface area (Å²) < 4.78 is 28.3. The second kappa shape index (κ2) is 5.25. The molecule has 0 fully saturated rings. The van der Waals surface area contributed by atoms with E-state index in [4.69, 9.17) is 5.11 Å². The Kier molecular flexibility index (Phi) is 3.82. The number of carbonyl (C=O) groups is 1. The molecule has 0 atom stereocenters. The van der Waals surface area contributed by atoms with Gasteiger partial charge in [0.1, 0.15) is 10.5 Å². The topological polar surface area (TPSA) is 101 Å². The predicted octanol–water partition coefficient (Wildman–Crippen LogP) is 1.68. The van der Waals surface area contributed by atoms with Crippen LogP contribution in [0, 0.1) is 0 Å². The first kappa shape index (κ1) is 14.5. The van der Waals surface area contributed by atoms with Crippen LogP contribution in [0.1, 0.15) is 10.4 Å². The molecule has 2 rings (SSSR count). The number of hydrogen-bond acceptors (Lipinski definition) is 4. The van der Waals surface area contributed by atoms with E-state index >= 15 is 0 Å². The highest BCUT2D eigenvalue weighted by atomic mass is 79.9. The molecule has 0 saturated heterocycles. The van der Waals surface area contributed by atoms with Gasteiger partial charge in [0.05, 0.1) is 6.20 Å². The van der Waals surface area contributed by atoms with Crippen molar-refractivity contribution in [3.63, 3.8) is 0 Å². The highest BCUT2D eigenvalue weighted by molar-refractivity contribution is 9.10. The lowest BCUT2D eigenvalue weighted by atomic mass is 10.3. The van der Waals surface area contributed by atoms with Gasteiger partial charge in [0, 0.05) is 11.5 Å². The molecule has 20 heavy (non-hydrogen) atoms. The zero-order chi connectivity index (χ0) is 14.9. The molecule has 0 aliphatic heterocycles. The average molecular weight is 360 g/mol. The zero-order valence-electron chi connectivity index (χ0n) is 10.2. The van der Waals surface area contributed by atoms with E-state index in [0.717, 1.165) is 10.9 Å². The smallest absolute Gasteiger partial charge is 0.341 e. The minimum atomic E-state index is -3.91. The molecule has 2 N–H and O–H groups in total. The molecule has 1 heterocycles. The van der Waals surface area contributed by atoms with Crippen molar-refractivity contribution in [1.82, 2.24) is 9.78 Å². The molecule has 106 valence electrons. The van der Waals surface area contributed by atoms with Gasteiger partial charge < -0.3 is 5.11 Å². The molecule has 1 aromatic carbocycles. The quantitative estimate of drug-likeness (QED) is 0.864. The average Bonchev–Trinajstić information content (AvgIpc) is 2.71. The number of aromatic carboxylic acids is 1.